The molecule has 0 aliphatic carbocycles. The molecule has 0 radical (unpaired) electrons. The van der Waals surface area contributed by atoms with E-state index in [1.807, 2.05) is 45.9 Å². The summed E-state index contributed by atoms with van der Waals surface area (Å²) in [4.78, 5) is 20.9. The molecule has 0 unspecified atom stereocenters. The van der Waals surface area contributed by atoms with Crippen LogP contribution in [0.2, 0.25) is 0 Å². The average molecular weight is 695 g/mol. The molecular formula is C42H54N4O5. The highest BCUT2D eigenvalue weighted by molar-refractivity contribution is 5.82. The number of carbonyl (C=O) groups is 1. The Hall–Kier alpha value is -4.44. The van der Waals surface area contributed by atoms with Crippen molar-refractivity contribution in [2.45, 2.75) is 91.3 Å². The van der Waals surface area contributed by atoms with Crippen molar-refractivity contribution in [1.29, 1.82) is 0 Å². The number of hydrogen-bond acceptors (Lipinski definition) is 8. The Bertz CT molecular complexity index is 1900. The third kappa shape index (κ3) is 8.55. The van der Waals surface area contributed by atoms with Gasteiger partial charge in [-0.05, 0) is 108 Å². The number of carbonyl (C=O) groups excluding carboxylic acids is 1. The van der Waals surface area contributed by atoms with Gasteiger partial charge in [0.15, 0.2) is 12.3 Å². The summed E-state index contributed by atoms with van der Waals surface area (Å²) < 4.78 is 26.3. The van der Waals surface area contributed by atoms with Gasteiger partial charge in [0, 0.05) is 42.4 Å². The van der Waals surface area contributed by atoms with Crippen LogP contribution in [0.5, 0.6) is 5.75 Å². The predicted octanol–water partition coefficient (Wildman–Crippen LogP) is 8.42. The third-order valence-electron chi connectivity index (χ3n) is 9.53. The van der Waals surface area contributed by atoms with Crippen LogP contribution in [0.25, 0.3) is 28.0 Å². The first-order chi connectivity index (χ1) is 24.2. The molecule has 2 atom stereocenters. The maximum atomic E-state index is 13.5. The van der Waals surface area contributed by atoms with Gasteiger partial charge in [0.05, 0.1) is 30.6 Å². The second-order valence-electron chi connectivity index (χ2n) is 14.8. The molecule has 2 aromatic heterocycles. The van der Waals surface area contributed by atoms with Crippen LogP contribution in [-0.4, -0.2) is 59.6 Å². The number of imidazole rings is 1. The summed E-state index contributed by atoms with van der Waals surface area (Å²) in [7, 11) is 1.40. The second kappa shape index (κ2) is 15.4. The van der Waals surface area contributed by atoms with E-state index in [2.05, 4.69) is 73.7 Å². The van der Waals surface area contributed by atoms with E-state index in [1.54, 1.807) is 12.2 Å². The van der Waals surface area contributed by atoms with Crippen LogP contribution < -0.4 is 15.4 Å². The van der Waals surface area contributed by atoms with Crippen molar-refractivity contribution in [3.8, 4) is 28.1 Å². The highest BCUT2D eigenvalue weighted by Gasteiger charge is 2.37. The Labute approximate surface area is 303 Å². The van der Waals surface area contributed by atoms with Gasteiger partial charge in [-0.1, -0.05) is 30.4 Å². The van der Waals surface area contributed by atoms with Gasteiger partial charge >= 0.3 is 5.97 Å². The maximum Gasteiger partial charge on any atom is 0.339 e. The van der Waals surface area contributed by atoms with E-state index in [1.165, 1.54) is 7.11 Å². The number of anilines is 1. The summed E-state index contributed by atoms with van der Waals surface area (Å²) >= 11 is 0. The van der Waals surface area contributed by atoms with E-state index >= 15 is 0 Å². The molecule has 0 amide bonds. The van der Waals surface area contributed by atoms with Crippen molar-refractivity contribution in [2.75, 3.05) is 31.7 Å². The van der Waals surface area contributed by atoms with Crippen LogP contribution in [0.1, 0.15) is 75.3 Å². The molecule has 1 aliphatic heterocycles. The van der Waals surface area contributed by atoms with Crippen molar-refractivity contribution >= 4 is 17.4 Å². The zero-order valence-electron chi connectivity index (χ0n) is 31.5. The molecule has 1 aliphatic rings. The van der Waals surface area contributed by atoms with Gasteiger partial charge in [-0.15, -0.1) is 13.2 Å². The first kappa shape index (κ1) is 37.8. The molecular weight excluding hydrogens is 640 g/mol. The van der Waals surface area contributed by atoms with Gasteiger partial charge in [0.2, 0.25) is 0 Å². The standard InChI is InChI=1S/C42H54N4O5/c1-11-14-35(43)50-34-23-28(4)27(3)22-32(34)30-15-13-16-31(25-30)33-26-46-36(44-33)24-29(5)37(38(40(47)48-10)51-41(6,7)8)39(46)45-19-17-42(9,18-20-45)49-21-12-2/h11-13,15-16,22-26,35,38H,1-2,14,17-21,43H2,3-10H3/t35-,38+/m1/s1. The van der Waals surface area contributed by atoms with E-state index in [0.29, 0.717) is 13.0 Å². The van der Waals surface area contributed by atoms with Crippen molar-refractivity contribution < 1.29 is 23.7 Å². The zero-order valence-corrected chi connectivity index (χ0v) is 31.5. The first-order valence-corrected chi connectivity index (χ1v) is 17.7. The number of aryl methyl sites for hydroxylation is 3. The topological polar surface area (TPSA) is 101 Å². The summed E-state index contributed by atoms with van der Waals surface area (Å²) in [6.45, 7) is 23.7. The van der Waals surface area contributed by atoms with Crippen LogP contribution >= 0.6 is 0 Å². The van der Waals surface area contributed by atoms with Crippen LogP contribution in [-0.2, 0) is 19.0 Å². The number of methoxy groups -OCH3 is 1. The molecule has 2 aromatic carbocycles. The monoisotopic (exact) mass is 694 g/mol. The number of aromatic nitrogens is 2. The molecule has 1 saturated heterocycles. The molecule has 2 N–H and O–H groups in total. The molecule has 9 nitrogen and oxygen atoms in total. The SMILES string of the molecule is C=CCOC1(C)CCN(c2c([C@H](OC(C)(C)C)C(=O)OC)c(C)cc3nc(-c4cccc(-c5cc(C)c(C)cc5O[C@@H](N)CC=C)c4)cn23)CC1. The fourth-order valence-electron chi connectivity index (χ4n) is 6.65. The van der Waals surface area contributed by atoms with Crippen LogP contribution in [0.4, 0.5) is 5.82 Å². The molecule has 272 valence electrons. The minimum Gasteiger partial charge on any atom is -0.475 e. The number of hydrogen-bond donors (Lipinski definition) is 1. The van der Waals surface area contributed by atoms with Gasteiger partial charge in [-0.3, -0.25) is 10.1 Å². The van der Waals surface area contributed by atoms with Crippen molar-refractivity contribution in [2.24, 2.45) is 5.73 Å². The number of benzene rings is 2. The Morgan fingerprint density at radius 1 is 1.02 bits per heavy atom. The van der Waals surface area contributed by atoms with Crippen molar-refractivity contribution in [3.63, 3.8) is 0 Å². The van der Waals surface area contributed by atoms with E-state index in [9.17, 15) is 4.79 Å². The minimum absolute atomic E-state index is 0.273. The summed E-state index contributed by atoms with van der Waals surface area (Å²) in [5.74, 6) is 1.15. The van der Waals surface area contributed by atoms with Gasteiger partial charge in [0.1, 0.15) is 17.2 Å². The van der Waals surface area contributed by atoms with Gasteiger partial charge in [0.25, 0.3) is 0 Å². The summed E-state index contributed by atoms with van der Waals surface area (Å²) in [5.41, 5.74) is 13.8. The van der Waals surface area contributed by atoms with E-state index < -0.39 is 23.9 Å². The molecule has 0 saturated carbocycles. The quantitative estimate of drug-likeness (QED) is 0.0846. The average Bonchev–Trinajstić information content (AvgIpc) is 3.51. The lowest BCUT2D eigenvalue weighted by molar-refractivity contribution is -0.164. The number of rotatable bonds is 13. The van der Waals surface area contributed by atoms with Gasteiger partial charge < -0.3 is 23.8 Å². The molecule has 9 heteroatoms. The molecule has 0 spiro atoms. The lowest BCUT2D eigenvalue weighted by Crippen LogP contribution is -2.45. The molecule has 4 aromatic rings. The highest BCUT2D eigenvalue weighted by Crippen LogP contribution is 2.40. The zero-order chi connectivity index (χ0) is 37.1. The second-order valence-corrected chi connectivity index (χ2v) is 14.8. The molecule has 1 fully saturated rings. The molecule has 0 bridgehead atoms. The van der Waals surface area contributed by atoms with Gasteiger partial charge in [-0.25, -0.2) is 9.78 Å². The Kier molecular flexibility index (Phi) is 11.4. The largest absolute Gasteiger partial charge is 0.475 e. The molecule has 5 rings (SSSR count). The minimum atomic E-state index is -0.940. The summed E-state index contributed by atoms with van der Waals surface area (Å²) in [6.07, 6.45) is 6.31. The third-order valence-corrected chi connectivity index (χ3v) is 9.53. The number of ether oxygens (including phenoxy) is 4. The number of esters is 1. The predicted molar refractivity (Wildman–Crippen MR) is 205 cm³/mol. The van der Waals surface area contributed by atoms with E-state index in [0.717, 1.165) is 87.8 Å². The van der Waals surface area contributed by atoms with Crippen LogP contribution in [0, 0.1) is 20.8 Å². The smallest absolute Gasteiger partial charge is 0.339 e. The lowest BCUT2D eigenvalue weighted by atomic mass is 9.92. The number of nitrogens with two attached hydrogens (primary N) is 1. The van der Waals surface area contributed by atoms with Crippen LogP contribution in [0.15, 0.2) is 74.0 Å². The summed E-state index contributed by atoms with van der Waals surface area (Å²) in [5, 5.41) is 0. The first-order valence-electron chi connectivity index (χ1n) is 17.7. The van der Waals surface area contributed by atoms with Crippen molar-refractivity contribution in [3.05, 3.63) is 96.2 Å². The maximum absolute atomic E-state index is 13.5. The van der Waals surface area contributed by atoms with Gasteiger partial charge in [-0.2, -0.15) is 0 Å². The number of fused-ring (bicyclic) bond motifs is 1. The van der Waals surface area contributed by atoms with Crippen LogP contribution in [0.3, 0.4) is 0 Å². The fourth-order valence-corrected chi connectivity index (χ4v) is 6.65. The number of pyridine rings is 1. The number of nitrogens with zero attached hydrogens (tertiary/aromatic N) is 3. The Morgan fingerprint density at radius 2 is 1.71 bits per heavy atom. The Morgan fingerprint density at radius 3 is 2.35 bits per heavy atom. The van der Waals surface area contributed by atoms with E-state index in [4.69, 9.17) is 29.7 Å². The highest BCUT2D eigenvalue weighted by atomic mass is 16.6. The fraction of sp³-hybridized carbons (Fsp3) is 0.429. The molecule has 3 heterocycles. The van der Waals surface area contributed by atoms with Crippen molar-refractivity contribution in [1.82, 2.24) is 9.38 Å². The van der Waals surface area contributed by atoms with E-state index in [-0.39, 0.29) is 5.60 Å². The Balaban J connectivity index is 1.65. The molecule has 51 heavy (non-hydrogen) atoms. The lowest BCUT2D eigenvalue weighted by Gasteiger charge is -2.41. The number of piperidine rings is 1. The normalized spacial score (nSPS) is 15.7. The summed E-state index contributed by atoms with van der Waals surface area (Å²) in [6, 6.07) is 14.5.